The van der Waals surface area contributed by atoms with Crippen molar-refractivity contribution in [3.8, 4) is 16.9 Å². The van der Waals surface area contributed by atoms with Crippen LogP contribution in [0.5, 0.6) is 0 Å². The summed E-state index contributed by atoms with van der Waals surface area (Å²) in [6.45, 7) is 2.02. The molecule has 36 heavy (non-hydrogen) atoms. The van der Waals surface area contributed by atoms with Crippen molar-refractivity contribution in [2.45, 2.75) is 31.1 Å². The zero-order valence-corrected chi connectivity index (χ0v) is 21.5. The van der Waals surface area contributed by atoms with Gasteiger partial charge in [0.25, 0.3) is 0 Å². The Morgan fingerprint density at radius 2 is 1.86 bits per heavy atom. The number of aromatic nitrogens is 2. The van der Waals surface area contributed by atoms with Crippen LogP contribution in [0.2, 0.25) is 0 Å². The Morgan fingerprint density at radius 1 is 1.08 bits per heavy atom. The first-order valence-electron chi connectivity index (χ1n) is 12.1. The Bertz CT molecular complexity index is 1390. The maximum atomic E-state index is 13.6. The lowest BCUT2D eigenvalue weighted by Gasteiger charge is -2.23. The third-order valence-corrected chi connectivity index (χ3v) is 8.46. The number of amides is 2. The van der Waals surface area contributed by atoms with Gasteiger partial charge in [-0.3, -0.25) is 14.5 Å². The first kappa shape index (κ1) is 23.1. The molecule has 0 saturated heterocycles. The zero-order valence-electron chi connectivity index (χ0n) is 19.9. The summed E-state index contributed by atoms with van der Waals surface area (Å²) in [5.74, 6) is 0.745. The van der Waals surface area contributed by atoms with Gasteiger partial charge in [0, 0.05) is 17.2 Å². The van der Waals surface area contributed by atoms with Gasteiger partial charge in [-0.1, -0.05) is 48.0 Å². The van der Waals surface area contributed by atoms with Gasteiger partial charge in [-0.25, -0.2) is 4.68 Å². The molecule has 0 unspecified atom stereocenters. The van der Waals surface area contributed by atoms with Crippen LogP contribution in [0.4, 0.5) is 5.82 Å². The molecule has 6 rings (SSSR count). The van der Waals surface area contributed by atoms with Crippen LogP contribution in [-0.4, -0.2) is 39.9 Å². The molecule has 0 bridgehead atoms. The molecule has 1 aliphatic carbocycles. The van der Waals surface area contributed by atoms with Gasteiger partial charge in [0.05, 0.1) is 22.4 Å². The van der Waals surface area contributed by atoms with Gasteiger partial charge in [0.1, 0.15) is 12.4 Å². The number of aryl methyl sites for hydroxylation is 1. The molecule has 6 nitrogen and oxygen atoms in total. The van der Waals surface area contributed by atoms with E-state index >= 15 is 0 Å². The summed E-state index contributed by atoms with van der Waals surface area (Å²) < 4.78 is 1.85. The largest absolute Gasteiger partial charge is 0.352 e. The third kappa shape index (κ3) is 4.47. The van der Waals surface area contributed by atoms with Crippen LogP contribution in [-0.2, 0) is 9.59 Å². The van der Waals surface area contributed by atoms with Crippen molar-refractivity contribution >= 4 is 40.7 Å². The average Bonchev–Trinajstić information content (AvgIpc) is 3.41. The summed E-state index contributed by atoms with van der Waals surface area (Å²) >= 11 is 3.24. The molecule has 2 aliphatic rings. The van der Waals surface area contributed by atoms with E-state index in [2.05, 4.69) is 22.1 Å². The number of fused-ring (bicyclic) bond motifs is 1. The summed E-state index contributed by atoms with van der Waals surface area (Å²) in [5, 5.41) is 12.3. The molecule has 8 heteroatoms. The number of carbonyl (C=O) groups excluding carboxylic acids is 2. The molecule has 182 valence electrons. The molecule has 1 atom stereocenters. The quantitative estimate of drug-likeness (QED) is 0.376. The standard InChI is InChI=1S/C28H26N4O2S2/c1-18-7-11-22(12-8-18)32-28-25(26(30-32)19-5-3-2-4-6-19)27(20-13-14-35-16-20)36-17-24(34)31(28)15-23(33)29-21-9-10-21/h2-8,11-14,16,21,27H,9-10,15,17H2,1H3,(H,29,33)/t27-/m1/s1. The van der Waals surface area contributed by atoms with Gasteiger partial charge in [-0.05, 0) is 54.3 Å². The molecule has 3 heterocycles. The highest BCUT2D eigenvalue weighted by Gasteiger charge is 2.38. The number of rotatable bonds is 6. The van der Waals surface area contributed by atoms with Crippen LogP contribution < -0.4 is 10.2 Å². The minimum Gasteiger partial charge on any atom is -0.352 e. The Labute approximate surface area is 218 Å². The highest BCUT2D eigenvalue weighted by Crippen LogP contribution is 2.48. The summed E-state index contributed by atoms with van der Waals surface area (Å²) in [6, 6.07) is 20.6. The minimum atomic E-state index is -0.131. The molecule has 2 aromatic carbocycles. The molecule has 1 N–H and O–H groups in total. The second kappa shape index (κ2) is 9.59. The summed E-state index contributed by atoms with van der Waals surface area (Å²) in [4.78, 5) is 28.2. The van der Waals surface area contributed by atoms with Crippen molar-refractivity contribution < 1.29 is 9.59 Å². The first-order chi connectivity index (χ1) is 17.6. The topological polar surface area (TPSA) is 67.2 Å². The number of hydrogen-bond donors (Lipinski definition) is 1. The van der Waals surface area contributed by atoms with Crippen LogP contribution in [0.3, 0.4) is 0 Å². The van der Waals surface area contributed by atoms with Crippen molar-refractivity contribution in [2.24, 2.45) is 0 Å². The number of anilines is 1. The fourth-order valence-corrected chi connectivity index (χ4v) is 6.49. The molecule has 4 aromatic rings. The van der Waals surface area contributed by atoms with E-state index < -0.39 is 0 Å². The van der Waals surface area contributed by atoms with Gasteiger partial charge in [0.15, 0.2) is 0 Å². The predicted molar refractivity (Wildman–Crippen MR) is 146 cm³/mol. The van der Waals surface area contributed by atoms with Crippen LogP contribution in [0.15, 0.2) is 71.4 Å². The van der Waals surface area contributed by atoms with Gasteiger partial charge in [-0.15, -0.1) is 11.8 Å². The summed E-state index contributed by atoms with van der Waals surface area (Å²) in [6.07, 6.45) is 2.00. The molecular weight excluding hydrogens is 488 g/mol. The van der Waals surface area contributed by atoms with Crippen LogP contribution >= 0.6 is 23.1 Å². The van der Waals surface area contributed by atoms with Crippen LogP contribution in [0, 0.1) is 6.92 Å². The SMILES string of the molecule is Cc1ccc(-n2nc(-c3ccccc3)c3c2N(CC(=O)NC2CC2)C(=O)CS[C@@H]3c2ccsc2)cc1. The Morgan fingerprint density at radius 3 is 2.56 bits per heavy atom. The monoisotopic (exact) mass is 514 g/mol. The second-order valence-electron chi connectivity index (χ2n) is 9.27. The summed E-state index contributed by atoms with van der Waals surface area (Å²) in [7, 11) is 0. The fraction of sp³-hybridized carbons (Fsp3) is 0.250. The lowest BCUT2D eigenvalue weighted by molar-refractivity contribution is -0.123. The van der Waals surface area contributed by atoms with E-state index in [-0.39, 0.29) is 35.4 Å². The van der Waals surface area contributed by atoms with Crippen molar-refractivity contribution in [2.75, 3.05) is 17.2 Å². The highest BCUT2D eigenvalue weighted by molar-refractivity contribution is 8.00. The molecular formula is C28H26N4O2S2. The molecule has 2 amide bonds. The maximum absolute atomic E-state index is 13.6. The van der Waals surface area contributed by atoms with Crippen molar-refractivity contribution in [3.05, 3.63) is 88.1 Å². The highest BCUT2D eigenvalue weighted by atomic mass is 32.2. The Hall–Kier alpha value is -3.36. The van der Waals surface area contributed by atoms with Crippen LogP contribution in [0.25, 0.3) is 16.9 Å². The van der Waals surface area contributed by atoms with E-state index in [1.807, 2.05) is 66.2 Å². The van der Waals surface area contributed by atoms with Gasteiger partial charge >= 0.3 is 0 Å². The number of nitrogens with zero attached hydrogens (tertiary/aromatic N) is 3. The minimum absolute atomic E-state index is 0.0228. The Kier molecular flexibility index (Phi) is 6.15. The number of benzene rings is 2. The fourth-order valence-electron chi connectivity index (χ4n) is 4.53. The normalized spacial score (nSPS) is 17.5. The van der Waals surface area contributed by atoms with E-state index in [9.17, 15) is 9.59 Å². The predicted octanol–water partition coefficient (Wildman–Crippen LogP) is 5.36. The van der Waals surface area contributed by atoms with E-state index in [1.165, 1.54) is 0 Å². The van der Waals surface area contributed by atoms with E-state index in [0.29, 0.717) is 5.82 Å². The van der Waals surface area contributed by atoms with Crippen LogP contribution in [0.1, 0.15) is 34.8 Å². The smallest absolute Gasteiger partial charge is 0.240 e. The molecule has 1 aliphatic heterocycles. The Balaban J connectivity index is 1.59. The van der Waals surface area contributed by atoms with Crippen molar-refractivity contribution in [3.63, 3.8) is 0 Å². The maximum Gasteiger partial charge on any atom is 0.240 e. The molecule has 1 fully saturated rings. The first-order valence-corrected chi connectivity index (χ1v) is 14.1. The molecule has 1 saturated carbocycles. The summed E-state index contributed by atoms with van der Waals surface area (Å²) in [5.41, 5.74) is 5.92. The number of hydrogen-bond acceptors (Lipinski definition) is 5. The van der Waals surface area contributed by atoms with Gasteiger partial charge in [-0.2, -0.15) is 16.4 Å². The number of thiophene rings is 1. The van der Waals surface area contributed by atoms with E-state index in [0.717, 1.165) is 46.5 Å². The number of thioether (sulfide) groups is 1. The average molecular weight is 515 g/mol. The van der Waals surface area contributed by atoms with Crippen molar-refractivity contribution in [1.82, 2.24) is 15.1 Å². The zero-order chi connectivity index (χ0) is 24.6. The lowest BCUT2D eigenvalue weighted by Crippen LogP contribution is -2.43. The molecule has 2 aromatic heterocycles. The van der Waals surface area contributed by atoms with Gasteiger partial charge < -0.3 is 5.32 Å². The number of nitrogens with one attached hydrogen (secondary N) is 1. The lowest BCUT2D eigenvalue weighted by atomic mass is 10.0. The van der Waals surface area contributed by atoms with E-state index in [1.54, 1.807) is 28.0 Å². The van der Waals surface area contributed by atoms with Gasteiger partial charge in [0.2, 0.25) is 11.8 Å². The van der Waals surface area contributed by atoms with E-state index in [4.69, 9.17) is 5.10 Å². The molecule has 0 radical (unpaired) electrons. The number of carbonyl (C=O) groups is 2. The third-order valence-electron chi connectivity index (χ3n) is 6.50. The second-order valence-corrected chi connectivity index (χ2v) is 11.1. The van der Waals surface area contributed by atoms with Crippen molar-refractivity contribution in [1.29, 1.82) is 0 Å². The molecule has 0 spiro atoms.